The molecule has 0 radical (unpaired) electrons. The number of hydrogen-bond donors (Lipinski definition) is 0. The van der Waals surface area contributed by atoms with E-state index in [4.69, 9.17) is 4.74 Å². The number of pyridine rings is 1. The summed E-state index contributed by atoms with van der Waals surface area (Å²) >= 11 is 0. The number of fused-ring (bicyclic) bond motifs is 1. The Hall–Kier alpha value is -2.51. The maximum atomic E-state index is 6.03. The molecule has 4 heterocycles. The van der Waals surface area contributed by atoms with Crippen molar-refractivity contribution in [3.8, 4) is 0 Å². The van der Waals surface area contributed by atoms with Crippen LogP contribution in [0.2, 0.25) is 0 Å². The van der Waals surface area contributed by atoms with Gasteiger partial charge in [0.15, 0.2) is 0 Å². The first-order valence-electron chi connectivity index (χ1n) is 8.86. The van der Waals surface area contributed by atoms with Crippen molar-refractivity contribution in [1.29, 1.82) is 0 Å². The molecule has 1 unspecified atom stereocenters. The van der Waals surface area contributed by atoms with E-state index in [0.29, 0.717) is 19.3 Å². The largest absolute Gasteiger partial charge is 0.375 e. The van der Waals surface area contributed by atoms with Gasteiger partial charge in [-0.25, -0.2) is 4.98 Å². The SMILES string of the molecule is Cn1cc(CN2Cc3ncn(C)c3CC2COCc2cccnc2)cn1. The molecule has 4 rings (SSSR count). The molecule has 1 aliphatic heterocycles. The fraction of sp³-hybridized carbons (Fsp3) is 0.421. The first-order valence-corrected chi connectivity index (χ1v) is 8.86. The van der Waals surface area contributed by atoms with Crippen molar-refractivity contribution in [3.63, 3.8) is 0 Å². The minimum atomic E-state index is 0.315. The maximum Gasteiger partial charge on any atom is 0.0949 e. The summed E-state index contributed by atoms with van der Waals surface area (Å²) in [6, 6.07) is 4.30. The molecule has 0 saturated heterocycles. The Labute approximate surface area is 153 Å². The van der Waals surface area contributed by atoms with E-state index in [-0.39, 0.29) is 0 Å². The molecule has 1 aliphatic rings. The lowest BCUT2D eigenvalue weighted by Crippen LogP contribution is -2.43. The van der Waals surface area contributed by atoms with E-state index in [2.05, 4.69) is 37.8 Å². The molecule has 7 nitrogen and oxygen atoms in total. The monoisotopic (exact) mass is 352 g/mol. The van der Waals surface area contributed by atoms with Gasteiger partial charge in [0.05, 0.1) is 31.4 Å². The molecule has 0 saturated carbocycles. The molecular weight excluding hydrogens is 328 g/mol. The molecule has 3 aromatic rings. The molecule has 26 heavy (non-hydrogen) atoms. The molecule has 0 spiro atoms. The molecule has 3 aromatic heterocycles. The summed E-state index contributed by atoms with van der Waals surface area (Å²) in [6.07, 6.45) is 10.5. The van der Waals surface area contributed by atoms with Crippen LogP contribution in [0.15, 0.2) is 43.2 Å². The van der Waals surface area contributed by atoms with Crippen LogP contribution in [0.5, 0.6) is 0 Å². The van der Waals surface area contributed by atoms with Crippen LogP contribution in [0.1, 0.15) is 22.5 Å². The number of rotatable bonds is 6. The van der Waals surface area contributed by atoms with Crippen molar-refractivity contribution in [2.24, 2.45) is 14.1 Å². The van der Waals surface area contributed by atoms with Gasteiger partial charge in [-0.2, -0.15) is 5.10 Å². The van der Waals surface area contributed by atoms with Crippen LogP contribution in [0.3, 0.4) is 0 Å². The van der Waals surface area contributed by atoms with Gasteiger partial charge in [0.1, 0.15) is 0 Å². The van der Waals surface area contributed by atoms with Crippen LogP contribution in [0.4, 0.5) is 0 Å². The Morgan fingerprint density at radius 3 is 2.92 bits per heavy atom. The average molecular weight is 352 g/mol. The summed E-state index contributed by atoms with van der Waals surface area (Å²) < 4.78 is 10.0. The van der Waals surface area contributed by atoms with Gasteiger partial charge < -0.3 is 9.30 Å². The molecule has 0 amide bonds. The fourth-order valence-corrected chi connectivity index (χ4v) is 3.51. The molecule has 0 aliphatic carbocycles. The zero-order valence-electron chi connectivity index (χ0n) is 15.2. The zero-order valence-corrected chi connectivity index (χ0v) is 15.2. The van der Waals surface area contributed by atoms with Crippen molar-refractivity contribution in [2.75, 3.05) is 6.61 Å². The summed E-state index contributed by atoms with van der Waals surface area (Å²) in [7, 11) is 4.02. The normalized spacial score (nSPS) is 17.4. The van der Waals surface area contributed by atoms with Gasteiger partial charge in [-0.15, -0.1) is 0 Å². The van der Waals surface area contributed by atoms with Gasteiger partial charge in [-0.05, 0) is 11.6 Å². The van der Waals surface area contributed by atoms with Gasteiger partial charge in [0, 0.05) is 69.5 Å². The molecular formula is C19H24N6O. The number of aryl methyl sites for hydroxylation is 2. The molecule has 0 fully saturated rings. The van der Waals surface area contributed by atoms with E-state index in [1.165, 1.54) is 17.0 Å². The highest BCUT2D eigenvalue weighted by Crippen LogP contribution is 2.24. The van der Waals surface area contributed by atoms with Gasteiger partial charge in [-0.3, -0.25) is 14.6 Å². The van der Waals surface area contributed by atoms with Gasteiger partial charge >= 0.3 is 0 Å². The number of aromatic nitrogens is 5. The van der Waals surface area contributed by atoms with E-state index in [0.717, 1.165) is 25.1 Å². The Kier molecular flexibility index (Phi) is 4.81. The lowest BCUT2D eigenvalue weighted by Gasteiger charge is -2.35. The van der Waals surface area contributed by atoms with Crippen LogP contribution in [-0.4, -0.2) is 41.9 Å². The maximum absolute atomic E-state index is 6.03. The van der Waals surface area contributed by atoms with E-state index in [1.54, 1.807) is 6.20 Å². The summed E-state index contributed by atoms with van der Waals surface area (Å²) in [5.41, 5.74) is 4.79. The smallest absolute Gasteiger partial charge is 0.0949 e. The fourth-order valence-electron chi connectivity index (χ4n) is 3.51. The second-order valence-corrected chi connectivity index (χ2v) is 6.91. The number of imidazole rings is 1. The first-order chi connectivity index (χ1) is 12.7. The number of hydrogen-bond acceptors (Lipinski definition) is 5. The van der Waals surface area contributed by atoms with Crippen LogP contribution in [-0.2, 0) is 44.9 Å². The summed E-state index contributed by atoms with van der Waals surface area (Å²) in [4.78, 5) is 11.2. The van der Waals surface area contributed by atoms with E-state index >= 15 is 0 Å². The molecule has 136 valence electrons. The summed E-state index contributed by atoms with van der Waals surface area (Å²) in [5.74, 6) is 0. The Bertz CT molecular complexity index is 856. The third-order valence-corrected chi connectivity index (χ3v) is 4.89. The highest BCUT2D eigenvalue weighted by molar-refractivity contribution is 5.19. The first kappa shape index (κ1) is 16.9. The topological polar surface area (TPSA) is 61.0 Å². The van der Waals surface area contributed by atoms with Crippen molar-refractivity contribution < 1.29 is 4.74 Å². The Balaban J connectivity index is 1.46. The lowest BCUT2D eigenvalue weighted by molar-refractivity contribution is 0.0360. The lowest BCUT2D eigenvalue weighted by atomic mass is 10.0. The minimum absolute atomic E-state index is 0.315. The van der Waals surface area contributed by atoms with Crippen LogP contribution < -0.4 is 0 Å². The standard InChI is InChI=1S/C19H24N6O/c1-23-14-21-18-11-25(10-16-8-22-24(2)9-16)17(6-19(18)23)13-26-12-15-4-3-5-20-7-15/h3-5,7-9,14,17H,6,10-13H2,1-2H3. The quantitative estimate of drug-likeness (QED) is 0.676. The second-order valence-electron chi connectivity index (χ2n) is 6.91. The minimum Gasteiger partial charge on any atom is -0.375 e. The van der Waals surface area contributed by atoms with Crippen molar-refractivity contribution in [1.82, 2.24) is 29.2 Å². The third-order valence-electron chi connectivity index (χ3n) is 4.89. The Morgan fingerprint density at radius 2 is 2.15 bits per heavy atom. The molecule has 0 N–H and O–H groups in total. The average Bonchev–Trinajstić information content (AvgIpc) is 3.22. The molecule has 1 atom stereocenters. The van der Waals surface area contributed by atoms with Gasteiger partial charge in [0.25, 0.3) is 0 Å². The predicted octanol–water partition coefficient (Wildman–Crippen LogP) is 1.69. The van der Waals surface area contributed by atoms with E-state index < -0.39 is 0 Å². The van der Waals surface area contributed by atoms with Gasteiger partial charge in [-0.1, -0.05) is 6.07 Å². The summed E-state index contributed by atoms with van der Waals surface area (Å²) in [6.45, 7) is 2.96. The van der Waals surface area contributed by atoms with Crippen LogP contribution >= 0.6 is 0 Å². The predicted molar refractivity (Wildman–Crippen MR) is 97.0 cm³/mol. The third kappa shape index (κ3) is 3.68. The molecule has 0 bridgehead atoms. The molecule has 7 heteroatoms. The van der Waals surface area contributed by atoms with Crippen molar-refractivity contribution in [3.05, 3.63) is 65.8 Å². The zero-order chi connectivity index (χ0) is 17.9. The van der Waals surface area contributed by atoms with Crippen LogP contribution in [0.25, 0.3) is 0 Å². The van der Waals surface area contributed by atoms with E-state index in [9.17, 15) is 0 Å². The number of ether oxygens (including phenoxy) is 1. The second kappa shape index (κ2) is 7.39. The van der Waals surface area contributed by atoms with Gasteiger partial charge in [0.2, 0.25) is 0 Å². The molecule has 0 aromatic carbocycles. The van der Waals surface area contributed by atoms with Crippen molar-refractivity contribution >= 4 is 0 Å². The summed E-state index contributed by atoms with van der Waals surface area (Å²) in [5, 5.41) is 4.29. The Morgan fingerprint density at radius 1 is 1.23 bits per heavy atom. The highest BCUT2D eigenvalue weighted by Gasteiger charge is 2.29. The van der Waals surface area contributed by atoms with Crippen LogP contribution in [0, 0.1) is 0 Å². The van der Waals surface area contributed by atoms with Crippen molar-refractivity contribution in [2.45, 2.75) is 32.2 Å². The number of nitrogens with zero attached hydrogens (tertiary/aromatic N) is 6. The van der Waals surface area contributed by atoms with E-state index in [1.807, 2.05) is 42.6 Å². The highest BCUT2D eigenvalue weighted by atomic mass is 16.5.